The molecule has 0 aromatic heterocycles. The summed E-state index contributed by atoms with van der Waals surface area (Å²) in [4.78, 5) is 0. The third-order valence-corrected chi connectivity index (χ3v) is 12.6. The fourth-order valence-electron chi connectivity index (χ4n) is 4.88. The van der Waals surface area contributed by atoms with Gasteiger partial charge in [0.15, 0.2) is 7.55 Å². The fourth-order valence-corrected chi connectivity index (χ4v) is 9.26. The second kappa shape index (κ2) is 5.69. The predicted molar refractivity (Wildman–Crippen MR) is 111 cm³/mol. The summed E-state index contributed by atoms with van der Waals surface area (Å²) in [6.45, 7) is 18.4. The molecule has 6 unspecified atom stereocenters. The van der Waals surface area contributed by atoms with Crippen LogP contribution >= 0.6 is 15.1 Å². The molecule has 0 heterocycles. The van der Waals surface area contributed by atoms with Gasteiger partial charge in [0.05, 0.1) is 26.0 Å². The largest absolute Gasteiger partial charge is 0.328 e. The lowest BCUT2D eigenvalue weighted by Crippen LogP contribution is -2.41. The minimum Gasteiger partial charge on any atom is -0.328 e. The topological polar surface area (TPSA) is 9.23 Å². The Labute approximate surface area is 147 Å². The molecular weight excluding hydrogens is 317 g/mol. The van der Waals surface area contributed by atoms with Crippen LogP contribution in [-0.4, -0.2) is 43.5 Å². The lowest BCUT2D eigenvalue weighted by Gasteiger charge is -2.40. The SMILES string of the molecule is [B]C1C2C(C)(C)C2(OC(C)(C)[P+](=C)C[P+](=C)CC)C(C)C1(C)C. The maximum Gasteiger partial charge on any atom is 0.254 e. The molecule has 0 aromatic rings. The van der Waals surface area contributed by atoms with Crippen molar-refractivity contribution in [2.45, 2.75) is 72.2 Å². The molecule has 128 valence electrons. The molecule has 2 aliphatic rings. The first-order valence-corrected chi connectivity index (χ1v) is 12.5. The zero-order valence-electron chi connectivity index (χ0n) is 16.4. The van der Waals surface area contributed by atoms with Crippen molar-refractivity contribution in [1.29, 1.82) is 0 Å². The zero-order chi connectivity index (χ0) is 18.0. The zero-order valence-corrected chi connectivity index (χ0v) is 18.2. The van der Waals surface area contributed by atoms with Gasteiger partial charge in [-0.05, 0) is 29.6 Å². The van der Waals surface area contributed by atoms with Crippen LogP contribution in [0, 0.1) is 22.7 Å². The maximum absolute atomic E-state index is 6.97. The fraction of sp³-hybridized carbons (Fsp3) is 0.895. The molecule has 2 aliphatic carbocycles. The number of hydrogen-bond acceptors (Lipinski definition) is 1. The van der Waals surface area contributed by atoms with E-state index in [0.717, 1.165) is 5.90 Å². The van der Waals surface area contributed by atoms with Crippen LogP contribution in [0.5, 0.6) is 0 Å². The van der Waals surface area contributed by atoms with Gasteiger partial charge in [-0.2, -0.15) is 0 Å². The van der Waals surface area contributed by atoms with Crippen molar-refractivity contribution in [1.82, 2.24) is 0 Å². The number of ether oxygens (including phenoxy) is 1. The molecule has 0 N–H and O–H groups in total. The Bertz CT molecular complexity index is 533. The van der Waals surface area contributed by atoms with E-state index in [1.54, 1.807) is 0 Å². The van der Waals surface area contributed by atoms with E-state index in [1.165, 1.54) is 6.16 Å². The molecular formula is C19H35BOP2+2. The number of hydrogen-bond donors (Lipinski definition) is 0. The molecule has 0 aliphatic heterocycles. The molecule has 2 rings (SSSR count). The Balaban J connectivity index is 2.28. The summed E-state index contributed by atoms with van der Waals surface area (Å²) in [5.41, 5.74) is 0.200. The Morgan fingerprint density at radius 1 is 1.17 bits per heavy atom. The summed E-state index contributed by atoms with van der Waals surface area (Å²) in [6.07, 6.45) is 9.99. The number of rotatable bonds is 6. The lowest BCUT2D eigenvalue weighted by atomic mass is 9.60. The highest BCUT2D eigenvalue weighted by atomic mass is 31.2. The van der Waals surface area contributed by atoms with Crippen LogP contribution in [-0.2, 0) is 4.74 Å². The predicted octanol–water partition coefficient (Wildman–Crippen LogP) is 5.57. The van der Waals surface area contributed by atoms with Crippen LogP contribution in [0.4, 0.5) is 0 Å². The van der Waals surface area contributed by atoms with Crippen LogP contribution < -0.4 is 0 Å². The summed E-state index contributed by atoms with van der Waals surface area (Å²) >= 11 is 0. The third kappa shape index (κ3) is 2.63. The van der Waals surface area contributed by atoms with Crippen molar-refractivity contribution >= 4 is 35.5 Å². The monoisotopic (exact) mass is 352 g/mol. The minimum absolute atomic E-state index is 0.0895. The van der Waals surface area contributed by atoms with Gasteiger partial charge in [0.2, 0.25) is 5.34 Å². The van der Waals surface area contributed by atoms with Gasteiger partial charge < -0.3 is 4.74 Å². The van der Waals surface area contributed by atoms with Crippen LogP contribution in [0.3, 0.4) is 0 Å². The molecule has 0 spiro atoms. The van der Waals surface area contributed by atoms with Crippen LogP contribution in [0.25, 0.3) is 0 Å². The molecule has 1 nitrogen and oxygen atoms in total. The van der Waals surface area contributed by atoms with Crippen LogP contribution in [0.1, 0.15) is 55.4 Å². The van der Waals surface area contributed by atoms with Crippen molar-refractivity contribution in [3.05, 3.63) is 0 Å². The quantitative estimate of drug-likeness (QED) is 0.448. The van der Waals surface area contributed by atoms with Crippen molar-refractivity contribution in [2.75, 3.05) is 12.1 Å². The summed E-state index contributed by atoms with van der Waals surface area (Å²) in [7, 11) is 6.05. The highest BCUT2D eigenvalue weighted by molar-refractivity contribution is 7.73. The Hall–Kier alpha value is 0.365. The van der Waals surface area contributed by atoms with Gasteiger partial charge >= 0.3 is 0 Å². The normalized spacial score (nSPS) is 38.9. The summed E-state index contributed by atoms with van der Waals surface area (Å²) in [5.74, 6) is 2.26. The van der Waals surface area contributed by atoms with E-state index in [4.69, 9.17) is 12.6 Å². The van der Waals surface area contributed by atoms with Gasteiger partial charge in [-0.3, -0.25) is 0 Å². The van der Waals surface area contributed by atoms with Gasteiger partial charge in [-0.15, -0.1) is 0 Å². The standard InChI is InChI=1S/C19H35BOP2/c1-11-22(9)12-23(10)18(7,8)21-19-13(2)16(3,4)15(20)14(19)17(19,5)6/h13-15H,9-12H2,1-8H3/q+2. The Kier molecular flexibility index (Phi) is 4.87. The van der Waals surface area contributed by atoms with Gasteiger partial charge in [0, 0.05) is 13.8 Å². The van der Waals surface area contributed by atoms with Gasteiger partial charge in [-0.1, -0.05) is 40.4 Å². The van der Waals surface area contributed by atoms with Crippen LogP contribution in [0.15, 0.2) is 0 Å². The van der Waals surface area contributed by atoms with Crippen molar-refractivity contribution in [3.8, 4) is 0 Å². The molecule has 2 saturated carbocycles. The summed E-state index contributed by atoms with van der Waals surface area (Å²) in [5, 5.41) is -0.177. The smallest absolute Gasteiger partial charge is 0.254 e. The second-order valence-electron chi connectivity index (χ2n) is 9.28. The van der Waals surface area contributed by atoms with Crippen molar-refractivity contribution in [3.63, 3.8) is 0 Å². The maximum atomic E-state index is 6.97. The highest BCUT2D eigenvalue weighted by Gasteiger charge is 2.84. The van der Waals surface area contributed by atoms with E-state index in [0.29, 0.717) is 11.8 Å². The molecule has 6 atom stereocenters. The van der Waals surface area contributed by atoms with E-state index in [9.17, 15) is 0 Å². The average Bonchev–Trinajstić information content (AvgIpc) is 2.85. The Morgan fingerprint density at radius 3 is 2.13 bits per heavy atom. The summed E-state index contributed by atoms with van der Waals surface area (Å²) < 4.78 is 6.97. The minimum atomic E-state index is -0.443. The molecule has 0 bridgehead atoms. The van der Waals surface area contributed by atoms with Gasteiger partial charge in [0.25, 0.3) is 5.90 Å². The first-order chi connectivity index (χ1) is 10.3. The molecule has 0 saturated heterocycles. The Morgan fingerprint density at radius 2 is 1.70 bits per heavy atom. The molecule has 0 aromatic carbocycles. The third-order valence-electron chi connectivity index (χ3n) is 7.14. The number of fused-ring (bicyclic) bond motifs is 1. The van der Waals surface area contributed by atoms with E-state index in [1.807, 2.05) is 0 Å². The van der Waals surface area contributed by atoms with Crippen LogP contribution in [0.2, 0.25) is 5.82 Å². The van der Waals surface area contributed by atoms with Gasteiger partial charge in [0.1, 0.15) is 13.7 Å². The van der Waals surface area contributed by atoms with E-state index in [2.05, 4.69) is 68.0 Å². The highest BCUT2D eigenvalue weighted by Crippen LogP contribution is 2.82. The van der Waals surface area contributed by atoms with Gasteiger partial charge in [-0.25, -0.2) is 0 Å². The van der Waals surface area contributed by atoms with E-state index >= 15 is 0 Å². The summed E-state index contributed by atoms with van der Waals surface area (Å²) in [6, 6.07) is 0. The van der Waals surface area contributed by atoms with E-state index < -0.39 is 7.55 Å². The second-order valence-corrected chi connectivity index (χ2v) is 14.5. The first-order valence-electron chi connectivity index (χ1n) is 8.86. The van der Waals surface area contributed by atoms with Crippen molar-refractivity contribution < 1.29 is 4.74 Å². The molecule has 2 fully saturated rings. The molecule has 2 radical (unpaired) electrons. The molecule has 4 heteroatoms. The van der Waals surface area contributed by atoms with Crippen molar-refractivity contribution in [2.24, 2.45) is 22.7 Å². The van der Waals surface area contributed by atoms with E-state index in [-0.39, 0.29) is 35.1 Å². The first kappa shape index (κ1) is 19.7. The molecule has 23 heavy (non-hydrogen) atoms. The lowest BCUT2D eigenvalue weighted by molar-refractivity contribution is -0.0967. The molecule has 0 amide bonds. The average molecular weight is 352 g/mol.